The van der Waals surface area contributed by atoms with Crippen LogP contribution in [0.1, 0.15) is 63.7 Å². The van der Waals surface area contributed by atoms with Gasteiger partial charge in [0.05, 0.1) is 11.3 Å². The molecule has 0 spiro atoms. The monoisotopic (exact) mass is 429 g/mol. The van der Waals surface area contributed by atoms with Crippen LogP contribution < -0.4 is 10.2 Å². The van der Waals surface area contributed by atoms with E-state index in [0.717, 1.165) is 12.8 Å². The third-order valence-electron chi connectivity index (χ3n) is 5.93. The van der Waals surface area contributed by atoms with E-state index in [2.05, 4.69) is 5.32 Å². The van der Waals surface area contributed by atoms with E-state index in [1.165, 1.54) is 9.80 Å². The van der Waals surface area contributed by atoms with Gasteiger partial charge in [0.2, 0.25) is 11.6 Å². The zero-order valence-corrected chi connectivity index (χ0v) is 18.6. The standard InChI is InChI=1S/C23H31N3O5/c1-5-16(6-2)24-19(27)14-31-22(30)23-12-11-20(28)26(23)18-10-8-7-9-17(18)21(29)25(23)13-15(3)4/h7-10,15-16H,5-6,11-14H2,1-4H3,(H,24,27)/t23-/m0/s1. The lowest BCUT2D eigenvalue weighted by Crippen LogP contribution is -2.69. The third-order valence-corrected chi connectivity index (χ3v) is 5.93. The second-order valence-corrected chi connectivity index (χ2v) is 8.53. The molecule has 3 amide bonds. The van der Waals surface area contributed by atoms with Gasteiger partial charge in [-0.1, -0.05) is 39.8 Å². The third kappa shape index (κ3) is 4.03. The predicted molar refractivity (Wildman–Crippen MR) is 115 cm³/mol. The summed E-state index contributed by atoms with van der Waals surface area (Å²) < 4.78 is 5.42. The van der Waals surface area contributed by atoms with E-state index in [9.17, 15) is 19.2 Å². The van der Waals surface area contributed by atoms with Gasteiger partial charge in [-0.3, -0.25) is 19.3 Å². The van der Waals surface area contributed by atoms with E-state index in [-0.39, 0.29) is 43.2 Å². The van der Waals surface area contributed by atoms with Crippen molar-refractivity contribution in [1.29, 1.82) is 0 Å². The number of carbonyl (C=O) groups is 4. The summed E-state index contributed by atoms with van der Waals surface area (Å²) in [6.45, 7) is 7.65. The first-order valence-corrected chi connectivity index (χ1v) is 11.0. The van der Waals surface area contributed by atoms with Crippen molar-refractivity contribution in [2.75, 3.05) is 18.1 Å². The van der Waals surface area contributed by atoms with Gasteiger partial charge in [-0.15, -0.1) is 0 Å². The first kappa shape index (κ1) is 22.8. The normalized spacial score (nSPS) is 20.2. The molecule has 1 saturated heterocycles. The number of nitrogens with one attached hydrogen (secondary N) is 1. The minimum Gasteiger partial charge on any atom is -0.452 e. The molecule has 2 heterocycles. The Balaban J connectivity index is 1.94. The number of nitrogens with zero attached hydrogens (tertiary/aromatic N) is 2. The average Bonchev–Trinajstić information content (AvgIpc) is 3.11. The molecule has 168 valence electrons. The van der Waals surface area contributed by atoms with Gasteiger partial charge < -0.3 is 15.0 Å². The highest BCUT2D eigenvalue weighted by atomic mass is 16.5. The molecule has 2 aliphatic heterocycles. The van der Waals surface area contributed by atoms with Crippen molar-refractivity contribution in [3.63, 3.8) is 0 Å². The quantitative estimate of drug-likeness (QED) is 0.641. The van der Waals surface area contributed by atoms with Crippen LogP contribution in [0.3, 0.4) is 0 Å². The van der Waals surface area contributed by atoms with Gasteiger partial charge in [0.15, 0.2) is 6.61 Å². The maximum Gasteiger partial charge on any atom is 0.354 e. The number of rotatable bonds is 8. The highest BCUT2D eigenvalue weighted by molar-refractivity contribution is 6.15. The number of fused-ring (bicyclic) bond motifs is 3. The first-order chi connectivity index (χ1) is 14.8. The number of esters is 1. The number of hydrogen-bond acceptors (Lipinski definition) is 5. The Labute approximate surface area is 182 Å². The van der Waals surface area contributed by atoms with Crippen LogP contribution in [0.5, 0.6) is 0 Å². The minimum absolute atomic E-state index is 0.00879. The summed E-state index contributed by atoms with van der Waals surface area (Å²) in [4.78, 5) is 54.8. The summed E-state index contributed by atoms with van der Waals surface area (Å²) in [6.07, 6.45) is 1.79. The molecule has 0 radical (unpaired) electrons. The molecule has 1 atom stereocenters. The number of para-hydroxylation sites is 1. The molecule has 8 nitrogen and oxygen atoms in total. The fourth-order valence-electron chi connectivity index (χ4n) is 4.37. The zero-order valence-electron chi connectivity index (χ0n) is 18.6. The maximum absolute atomic E-state index is 13.4. The molecule has 1 aromatic rings. The van der Waals surface area contributed by atoms with Gasteiger partial charge in [0, 0.05) is 25.4 Å². The predicted octanol–water partition coefficient (Wildman–Crippen LogP) is 2.47. The zero-order chi connectivity index (χ0) is 22.8. The number of hydrogen-bond donors (Lipinski definition) is 1. The molecule has 31 heavy (non-hydrogen) atoms. The van der Waals surface area contributed by atoms with E-state index in [1.807, 2.05) is 27.7 Å². The van der Waals surface area contributed by atoms with Crippen molar-refractivity contribution in [2.45, 2.75) is 65.1 Å². The van der Waals surface area contributed by atoms with E-state index >= 15 is 0 Å². The van der Waals surface area contributed by atoms with E-state index in [4.69, 9.17) is 4.74 Å². The van der Waals surface area contributed by atoms with Crippen LogP contribution in [0.15, 0.2) is 24.3 Å². The smallest absolute Gasteiger partial charge is 0.354 e. The largest absolute Gasteiger partial charge is 0.452 e. The van der Waals surface area contributed by atoms with Crippen LogP contribution in [0.4, 0.5) is 5.69 Å². The van der Waals surface area contributed by atoms with Gasteiger partial charge in [-0.05, 0) is 30.9 Å². The van der Waals surface area contributed by atoms with Crippen LogP contribution in [0.25, 0.3) is 0 Å². The molecule has 0 aliphatic carbocycles. The fourth-order valence-corrected chi connectivity index (χ4v) is 4.37. The van der Waals surface area contributed by atoms with Crippen molar-refractivity contribution in [3.05, 3.63) is 29.8 Å². The number of carbonyl (C=O) groups excluding carboxylic acids is 4. The van der Waals surface area contributed by atoms with Gasteiger partial charge in [0.25, 0.3) is 11.8 Å². The molecule has 3 rings (SSSR count). The second kappa shape index (κ2) is 9.08. The van der Waals surface area contributed by atoms with Crippen LogP contribution in [0.2, 0.25) is 0 Å². The Morgan fingerprint density at radius 2 is 1.84 bits per heavy atom. The first-order valence-electron chi connectivity index (χ1n) is 11.0. The van der Waals surface area contributed by atoms with Gasteiger partial charge in [-0.25, -0.2) is 4.79 Å². The molecule has 0 aromatic heterocycles. The van der Waals surface area contributed by atoms with Gasteiger partial charge in [-0.2, -0.15) is 0 Å². The maximum atomic E-state index is 13.4. The molecule has 1 N–H and O–H groups in total. The summed E-state index contributed by atoms with van der Waals surface area (Å²) in [5.41, 5.74) is -0.774. The highest BCUT2D eigenvalue weighted by Gasteiger charge is 2.62. The summed E-state index contributed by atoms with van der Waals surface area (Å²) in [6, 6.07) is 6.81. The lowest BCUT2D eigenvalue weighted by atomic mass is 9.95. The highest BCUT2D eigenvalue weighted by Crippen LogP contribution is 2.45. The molecule has 1 aromatic carbocycles. The van der Waals surface area contributed by atoms with E-state index < -0.39 is 24.1 Å². The number of benzene rings is 1. The lowest BCUT2D eigenvalue weighted by Gasteiger charge is -2.48. The summed E-state index contributed by atoms with van der Waals surface area (Å²) in [7, 11) is 0. The van der Waals surface area contributed by atoms with Crippen molar-refractivity contribution in [2.24, 2.45) is 5.92 Å². The Morgan fingerprint density at radius 1 is 1.16 bits per heavy atom. The van der Waals surface area contributed by atoms with Crippen molar-refractivity contribution >= 4 is 29.4 Å². The van der Waals surface area contributed by atoms with Crippen LogP contribution in [0, 0.1) is 5.92 Å². The Kier molecular flexibility index (Phi) is 6.67. The van der Waals surface area contributed by atoms with Gasteiger partial charge in [0.1, 0.15) is 0 Å². The Hall–Kier alpha value is -2.90. The SMILES string of the molecule is CCC(CC)NC(=O)COC(=O)[C@]12CCC(=O)N1c1ccccc1C(=O)N2CC(C)C. The number of ether oxygens (including phenoxy) is 1. The molecule has 8 heteroatoms. The lowest BCUT2D eigenvalue weighted by molar-refractivity contribution is -0.160. The van der Waals surface area contributed by atoms with E-state index in [1.54, 1.807) is 24.3 Å². The van der Waals surface area contributed by atoms with Crippen LogP contribution in [-0.4, -0.2) is 53.4 Å². The molecular formula is C23H31N3O5. The van der Waals surface area contributed by atoms with Gasteiger partial charge >= 0.3 is 5.97 Å². The van der Waals surface area contributed by atoms with Crippen LogP contribution >= 0.6 is 0 Å². The Bertz CT molecular complexity index is 880. The molecule has 1 fully saturated rings. The van der Waals surface area contributed by atoms with Crippen molar-refractivity contribution in [1.82, 2.24) is 10.2 Å². The fraction of sp³-hybridized carbons (Fsp3) is 0.565. The molecule has 2 aliphatic rings. The molecule has 0 unspecified atom stereocenters. The second-order valence-electron chi connectivity index (χ2n) is 8.53. The summed E-state index contributed by atoms with van der Waals surface area (Å²) in [5, 5.41) is 2.83. The van der Waals surface area contributed by atoms with Crippen LogP contribution in [-0.2, 0) is 19.1 Å². The molecular weight excluding hydrogens is 398 g/mol. The summed E-state index contributed by atoms with van der Waals surface area (Å²) >= 11 is 0. The molecule has 0 saturated carbocycles. The number of anilines is 1. The summed E-state index contributed by atoms with van der Waals surface area (Å²) in [5.74, 6) is -1.63. The average molecular weight is 430 g/mol. The van der Waals surface area contributed by atoms with Crippen molar-refractivity contribution < 1.29 is 23.9 Å². The topological polar surface area (TPSA) is 96.0 Å². The Morgan fingerprint density at radius 3 is 2.48 bits per heavy atom. The molecule has 0 bridgehead atoms. The van der Waals surface area contributed by atoms with Crippen molar-refractivity contribution in [3.8, 4) is 0 Å². The minimum atomic E-state index is -1.57. The van der Waals surface area contributed by atoms with E-state index in [0.29, 0.717) is 11.3 Å². The number of amides is 3.